The SMILES string of the molecule is C#Cc1ccccc1[Te]CCCC. The number of hydrogen-bond donors (Lipinski definition) is 0. The second-order valence-electron chi connectivity index (χ2n) is 2.84. The molecule has 1 aromatic carbocycles. The normalized spacial score (nSPS) is 9.54. The maximum absolute atomic E-state index is 5.43. The monoisotopic (exact) mass is 288 g/mol. The standard InChI is InChI=1S/C12H14Te/c1-3-5-10-13-12-9-7-6-8-11(12)4-2/h2,6-9H,3,5,10H2,1H3. The van der Waals surface area contributed by atoms with Crippen molar-refractivity contribution in [1.29, 1.82) is 0 Å². The Hall–Kier alpha value is -0.430. The van der Waals surface area contributed by atoms with Gasteiger partial charge in [0.05, 0.1) is 0 Å². The van der Waals surface area contributed by atoms with Gasteiger partial charge in [-0.2, -0.15) is 0 Å². The van der Waals surface area contributed by atoms with Crippen LogP contribution in [0.2, 0.25) is 4.47 Å². The molecule has 0 aromatic heterocycles. The molecule has 0 heterocycles. The van der Waals surface area contributed by atoms with Gasteiger partial charge >= 0.3 is 90.9 Å². The quantitative estimate of drug-likeness (QED) is 0.452. The predicted molar refractivity (Wildman–Crippen MR) is 59.5 cm³/mol. The van der Waals surface area contributed by atoms with Gasteiger partial charge in [0.25, 0.3) is 0 Å². The van der Waals surface area contributed by atoms with Crippen LogP contribution < -0.4 is 3.61 Å². The van der Waals surface area contributed by atoms with E-state index in [9.17, 15) is 0 Å². The van der Waals surface area contributed by atoms with Gasteiger partial charge in [-0.15, -0.1) is 0 Å². The molecule has 0 nitrogen and oxygen atoms in total. The van der Waals surface area contributed by atoms with Crippen LogP contribution in [0.15, 0.2) is 24.3 Å². The van der Waals surface area contributed by atoms with Crippen molar-refractivity contribution in [2.75, 3.05) is 0 Å². The van der Waals surface area contributed by atoms with Crippen LogP contribution in [0.25, 0.3) is 0 Å². The molecule has 1 aromatic rings. The Kier molecular flexibility index (Phi) is 4.99. The molecule has 1 heteroatoms. The van der Waals surface area contributed by atoms with Crippen molar-refractivity contribution in [2.45, 2.75) is 24.2 Å². The summed E-state index contributed by atoms with van der Waals surface area (Å²) in [7, 11) is 0. The minimum atomic E-state index is -0.0265. The van der Waals surface area contributed by atoms with Gasteiger partial charge < -0.3 is 0 Å². The average Bonchev–Trinajstić information content (AvgIpc) is 2.19. The fourth-order valence-electron chi connectivity index (χ4n) is 1.04. The number of unbranched alkanes of at least 4 members (excludes halogenated alkanes) is 1. The van der Waals surface area contributed by atoms with Crippen LogP contribution in [-0.4, -0.2) is 20.9 Å². The third-order valence-electron chi connectivity index (χ3n) is 1.80. The van der Waals surface area contributed by atoms with Gasteiger partial charge in [0.1, 0.15) is 0 Å². The van der Waals surface area contributed by atoms with Gasteiger partial charge in [0.15, 0.2) is 0 Å². The van der Waals surface area contributed by atoms with Crippen molar-refractivity contribution >= 4 is 24.5 Å². The van der Waals surface area contributed by atoms with Gasteiger partial charge in [0, 0.05) is 0 Å². The van der Waals surface area contributed by atoms with Crippen molar-refractivity contribution in [3.05, 3.63) is 29.8 Å². The van der Waals surface area contributed by atoms with Gasteiger partial charge in [-0.25, -0.2) is 0 Å². The van der Waals surface area contributed by atoms with E-state index in [0.29, 0.717) is 0 Å². The Morgan fingerprint density at radius 2 is 2.15 bits per heavy atom. The Morgan fingerprint density at radius 1 is 1.38 bits per heavy atom. The zero-order valence-corrected chi connectivity index (χ0v) is 10.2. The van der Waals surface area contributed by atoms with Crippen LogP contribution >= 0.6 is 0 Å². The molecule has 0 amide bonds. The number of benzene rings is 1. The first-order chi connectivity index (χ1) is 6.38. The van der Waals surface area contributed by atoms with E-state index in [1.807, 2.05) is 12.1 Å². The zero-order chi connectivity index (χ0) is 9.52. The molecule has 0 aliphatic heterocycles. The summed E-state index contributed by atoms with van der Waals surface area (Å²) in [5.41, 5.74) is 1.11. The summed E-state index contributed by atoms with van der Waals surface area (Å²) in [5, 5.41) is 0. The molecule has 0 spiro atoms. The minimum absolute atomic E-state index is 0.0265. The maximum atomic E-state index is 5.43. The summed E-state index contributed by atoms with van der Waals surface area (Å²) < 4.78 is 2.82. The van der Waals surface area contributed by atoms with Crippen molar-refractivity contribution < 1.29 is 0 Å². The van der Waals surface area contributed by atoms with E-state index in [0.717, 1.165) is 5.56 Å². The van der Waals surface area contributed by atoms with Gasteiger partial charge in [-0.1, -0.05) is 0 Å². The van der Waals surface area contributed by atoms with Crippen LogP contribution in [0, 0.1) is 12.3 Å². The molecule has 0 saturated carbocycles. The first-order valence-electron chi connectivity index (χ1n) is 4.57. The molecule has 0 atom stereocenters. The molecule has 0 bridgehead atoms. The molecule has 0 fully saturated rings. The number of hydrogen-bond acceptors (Lipinski definition) is 0. The summed E-state index contributed by atoms with van der Waals surface area (Å²) in [6.45, 7) is 2.24. The van der Waals surface area contributed by atoms with Crippen LogP contribution in [0.4, 0.5) is 0 Å². The predicted octanol–water partition coefficient (Wildman–Crippen LogP) is 2.22. The van der Waals surface area contributed by atoms with E-state index in [2.05, 4.69) is 25.0 Å². The number of terminal acetylenes is 1. The summed E-state index contributed by atoms with van der Waals surface area (Å²) in [6, 6.07) is 8.34. The third-order valence-corrected chi connectivity index (χ3v) is 5.11. The van der Waals surface area contributed by atoms with Crippen LogP contribution in [0.1, 0.15) is 25.3 Å². The summed E-state index contributed by atoms with van der Waals surface area (Å²) >= 11 is -0.0265. The second-order valence-corrected chi connectivity index (χ2v) is 6.09. The molecule has 0 aliphatic rings. The first kappa shape index (κ1) is 10.6. The van der Waals surface area contributed by atoms with E-state index in [4.69, 9.17) is 6.42 Å². The Bertz CT molecular complexity index is 296. The van der Waals surface area contributed by atoms with Gasteiger partial charge in [0.2, 0.25) is 0 Å². The van der Waals surface area contributed by atoms with E-state index >= 15 is 0 Å². The third kappa shape index (κ3) is 3.43. The molecular formula is C12H14Te. The molecule has 1 rings (SSSR count). The summed E-state index contributed by atoms with van der Waals surface area (Å²) in [6.07, 6.45) is 8.07. The Balaban J connectivity index is 2.60. The first-order valence-corrected chi connectivity index (χ1v) is 7.38. The Labute approximate surface area is 90.8 Å². The number of rotatable bonds is 4. The van der Waals surface area contributed by atoms with Crippen LogP contribution in [0.5, 0.6) is 0 Å². The molecular weight excluding hydrogens is 272 g/mol. The fourth-order valence-corrected chi connectivity index (χ4v) is 4.21. The second kappa shape index (κ2) is 6.09. The van der Waals surface area contributed by atoms with E-state index < -0.39 is 0 Å². The van der Waals surface area contributed by atoms with Crippen molar-refractivity contribution in [2.24, 2.45) is 0 Å². The molecule has 0 aliphatic carbocycles. The molecule has 13 heavy (non-hydrogen) atoms. The van der Waals surface area contributed by atoms with Crippen LogP contribution in [-0.2, 0) is 0 Å². The molecule has 68 valence electrons. The topological polar surface area (TPSA) is 0 Å². The average molecular weight is 286 g/mol. The zero-order valence-electron chi connectivity index (χ0n) is 7.92. The van der Waals surface area contributed by atoms with Crippen LogP contribution in [0.3, 0.4) is 0 Å². The van der Waals surface area contributed by atoms with Gasteiger partial charge in [-0.3, -0.25) is 0 Å². The van der Waals surface area contributed by atoms with E-state index in [1.54, 1.807) is 0 Å². The summed E-state index contributed by atoms with van der Waals surface area (Å²) in [4.78, 5) is 0. The Morgan fingerprint density at radius 3 is 2.85 bits per heavy atom. The van der Waals surface area contributed by atoms with Crippen molar-refractivity contribution in [3.63, 3.8) is 0 Å². The van der Waals surface area contributed by atoms with Gasteiger partial charge in [-0.05, 0) is 0 Å². The molecule has 0 saturated heterocycles. The molecule has 0 unspecified atom stereocenters. The fraction of sp³-hybridized carbons (Fsp3) is 0.333. The van der Waals surface area contributed by atoms with E-state index in [-0.39, 0.29) is 20.9 Å². The van der Waals surface area contributed by atoms with E-state index in [1.165, 1.54) is 20.9 Å². The molecule has 0 N–H and O–H groups in total. The van der Waals surface area contributed by atoms with Crippen molar-refractivity contribution in [1.82, 2.24) is 0 Å². The molecule has 0 radical (unpaired) electrons. The van der Waals surface area contributed by atoms with Crippen molar-refractivity contribution in [3.8, 4) is 12.3 Å². The summed E-state index contributed by atoms with van der Waals surface area (Å²) in [5.74, 6) is 2.75.